The average Bonchev–Trinajstić information content (AvgIpc) is 2.21. The number of rotatable bonds is 4. The highest BCUT2D eigenvalue weighted by Crippen LogP contribution is 2.34. The molecule has 0 heterocycles. The van der Waals surface area contributed by atoms with Gasteiger partial charge in [0.15, 0.2) is 6.54 Å². The van der Waals surface area contributed by atoms with E-state index in [9.17, 15) is 14.9 Å². The maximum atomic E-state index is 11.6. The molecule has 6 nitrogen and oxygen atoms in total. The predicted octanol–water partition coefficient (Wildman–Crippen LogP) is 1.20. The molecule has 0 radical (unpaired) electrons. The fraction of sp³-hybridized carbons (Fsp3) is 0.300. The van der Waals surface area contributed by atoms with E-state index in [1.807, 2.05) is 14.1 Å². The number of anilines is 1. The standard InChI is InChI=1S/C10H11Br2N3O3/c1-14(2)5-9(16)13-10-7(11)3-6(15(17)18)4-8(10)12/h3-4H,5H2,1-2H3,(H,13,16)/p+1. The molecule has 98 valence electrons. The van der Waals surface area contributed by atoms with Gasteiger partial charge in [-0.05, 0) is 31.9 Å². The second-order valence-electron chi connectivity index (χ2n) is 3.97. The van der Waals surface area contributed by atoms with E-state index in [-0.39, 0.29) is 11.6 Å². The second kappa shape index (κ2) is 6.26. The number of nitrogens with one attached hydrogen (secondary N) is 2. The Morgan fingerprint density at radius 3 is 2.28 bits per heavy atom. The highest BCUT2D eigenvalue weighted by Gasteiger charge is 2.16. The van der Waals surface area contributed by atoms with Gasteiger partial charge in [0.2, 0.25) is 0 Å². The van der Waals surface area contributed by atoms with Crippen LogP contribution in [0.25, 0.3) is 0 Å². The van der Waals surface area contributed by atoms with Crippen LogP contribution in [0.5, 0.6) is 0 Å². The Labute approximate surface area is 121 Å². The highest BCUT2D eigenvalue weighted by atomic mass is 79.9. The van der Waals surface area contributed by atoms with Crippen molar-refractivity contribution in [1.82, 2.24) is 0 Å². The lowest BCUT2D eigenvalue weighted by Gasteiger charge is -2.11. The molecule has 0 aliphatic heterocycles. The van der Waals surface area contributed by atoms with E-state index >= 15 is 0 Å². The van der Waals surface area contributed by atoms with Crippen molar-refractivity contribution in [2.24, 2.45) is 0 Å². The van der Waals surface area contributed by atoms with E-state index in [1.54, 1.807) is 0 Å². The molecule has 18 heavy (non-hydrogen) atoms. The zero-order chi connectivity index (χ0) is 13.9. The lowest BCUT2D eigenvalue weighted by Crippen LogP contribution is -3.06. The largest absolute Gasteiger partial charge is 0.332 e. The summed E-state index contributed by atoms with van der Waals surface area (Å²) in [5, 5.41) is 13.4. The van der Waals surface area contributed by atoms with E-state index in [4.69, 9.17) is 0 Å². The van der Waals surface area contributed by atoms with Crippen molar-refractivity contribution in [2.75, 3.05) is 26.0 Å². The number of nitro benzene ring substituents is 1. The molecule has 2 N–H and O–H groups in total. The van der Waals surface area contributed by atoms with Crippen LogP contribution in [0.3, 0.4) is 0 Å². The van der Waals surface area contributed by atoms with Crippen molar-refractivity contribution in [2.45, 2.75) is 0 Å². The van der Waals surface area contributed by atoms with Crippen LogP contribution in [0.2, 0.25) is 0 Å². The lowest BCUT2D eigenvalue weighted by atomic mass is 10.3. The topological polar surface area (TPSA) is 76.7 Å². The maximum absolute atomic E-state index is 11.6. The summed E-state index contributed by atoms with van der Waals surface area (Å²) in [6.07, 6.45) is 0. The van der Waals surface area contributed by atoms with Crippen LogP contribution in [-0.4, -0.2) is 31.5 Å². The molecule has 0 saturated carbocycles. The number of hydrogen-bond acceptors (Lipinski definition) is 3. The Bertz CT molecular complexity index is 468. The van der Waals surface area contributed by atoms with Crippen molar-refractivity contribution in [3.05, 3.63) is 31.2 Å². The monoisotopic (exact) mass is 380 g/mol. The fourth-order valence-corrected chi connectivity index (χ4v) is 2.65. The van der Waals surface area contributed by atoms with Crippen molar-refractivity contribution >= 4 is 49.1 Å². The number of halogens is 2. The molecule has 0 spiro atoms. The molecule has 0 saturated heterocycles. The van der Waals surface area contributed by atoms with Crippen LogP contribution >= 0.6 is 31.9 Å². The number of benzene rings is 1. The van der Waals surface area contributed by atoms with E-state index in [0.717, 1.165) is 4.90 Å². The minimum atomic E-state index is -0.495. The van der Waals surface area contributed by atoms with Gasteiger partial charge in [-0.25, -0.2) is 0 Å². The number of amides is 1. The zero-order valence-corrected chi connectivity index (χ0v) is 13.0. The van der Waals surface area contributed by atoms with Gasteiger partial charge in [0.05, 0.1) is 24.7 Å². The lowest BCUT2D eigenvalue weighted by molar-refractivity contribution is -0.849. The molecule has 8 heteroatoms. The van der Waals surface area contributed by atoms with Gasteiger partial charge in [-0.2, -0.15) is 0 Å². The fourth-order valence-electron chi connectivity index (χ4n) is 1.29. The van der Waals surface area contributed by atoms with E-state index in [0.29, 0.717) is 21.2 Å². The van der Waals surface area contributed by atoms with Gasteiger partial charge in [-0.1, -0.05) is 0 Å². The van der Waals surface area contributed by atoms with Crippen molar-refractivity contribution in [3.63, 3.8) is 0 Å². The minimum Gasteiger partial charge on any atom is -0.332 e. The van der Waals surface area contributed by atoms with Gasteiger partial charge in [-0.15, -0.1) is 0 Å². The first kappa shape index (κ1) is 15.1. The van der Waals surface area contributed by atoms with Gasteiger partial charge in [-0.3, -0.25) is 14.9 Å². The molecule has 1 aromatic carbocycles. The molecular formula is C10H12Br2N3O3+. The van der Waals surface area contributed by atoms with E-state index in [1.165, 1.54) is 12.1 Å². The Morgan fingerprint density at radius 1 is 1.39 bits per heavy atom. The summed E-state index contributed by atoms with van der Waals surface area (Å²) in [6, 6.07) is 2.70. The molecule has 0 aliphatic carbocycles. The number of nitrogens with zero attached hydrogens (tertiary/aromatic N) is 1. The number of carbonyl (C=O) groups is 1. The van der Waals surface area contributed by atoms with Crippen molar-refractivity contribution in [1.29, 1.82) is 0 Å². The Kier molecular flexibility index (Phi) is 5.24. The molecule has 0 aliphatic rings. The highest BCUT2D eigenvalue weighted by molar-refractivity contribution is 9.11. The Morgan fingerprint density at radius 2 is 1.89 bits per heavy atom. The van der Waals surface area contributed by atoms with E-state index < -0.39 is 4.92 Å². The zero-order valence-electron chi connectivity index (χ0n) is 9.79. The first-order valence-electron chi connectivity index (χ1n) is 5.03. The molecule has 0 unspecified atom stereocenters. The van der Waals surface area contributed by atoms with E-state index in [2.05, 4.69) is 37.2 Å². The quantitative estimate of drug-likeness (QED) is 0.607. The molecule has 0 bridgehead atoms. The number of quaternary nitrogens is 1. The number of likely N-dealkylation sites (N-methyl/N-ethyl adjacent to an activating group) is 1. The molecule has 1 rings (SSSR count). The number of non-ortho nitro benzene ring substituents is 1. The van der Waals surface area contributed by atoms with Gasteiger partial charge in [0, 0.05) is 21.1 Å². The third-order valence-electron chi connectivity index (χ3n) is 2.02. The first-order chi connectivity index (χ1) is 8.31. The van der Waals surface area contributed by atoms with Gasteiger partial charge in [0.1, 0.15) is 0 Å². The SMILES string of the molecule is C[NH+](C)CC(=O)Nc1c(Br)cc([N+](=O)[O-])cc1Br. The Hall–Kier alpha value is -0.990. The first-order valence-corrected chi connectivity index (χ1v) is 6.62. The summed E-state index contributed by atoms with van der Waals surface area (Å²) in [4.78, 5) is 22.8. The molecule has 0 fully saturated rings. The normalized spacial score (nSPS) is 10.5. The molecule has 0 aromatic heterocycles. The maximum Gasteiger partial charge on any atom is 0.279 e. The van der Waals surface area contributed by atoms with Crippen LogP contribution in [0.4, 0.5) is 11.4 Å². The smallest absolute Gasteiger partial charge is 0.279 e. The summed E-state index contributed by atoms with van der Waals surface area (Å²) in [7, 11) is 3.72. The van der Waals surface area contributed by atoms with Gasteiger partial charge >= 0.3 is 0 Å². The third-order valence-corrected chi connectivity index (χ3v) is 3.27. The summed E-state index contributed by atoms with van der Waals surface area (Å²) in [6.45, 7) is 0.315. The minimum absolute atomic E-state index is 0.0509. The van der Waals surface area contributed by atoms with Crippen LogP contribution in [0.15, 0.2) is 21.1 Å². The number of carbonyl (C=O) groups excluding carboxylic acids is 1. The van der Waals surface area contributed by atoms with Gasteiger partial charge in [0.25, 0.3) is 11.6 Å². The summed E-state index contributed by atoms with van der Waals surface area (Å²) in [5.41, 5.74) is 0.442. The number of hydrogen-bond donors (Lipinski definition) is 2. The average molecular weight is 382 g/mol. The Balaban J connectivity index is 2.97. The number of nitro groups is 1. The van der Waals surface area contributed by atoms with Crippen molar-refractivity contribution < 1.29 is 14.6 Å². The summed E-state index contributed by atoms with van der Waals surface area (Å²) >= 11 is 6.41. The van der Waals surface area contributed by atoms with Gasteiger partial charge < -0.3 is 10.2 Å². The van der Waals surface area contributed by atoms with Crippen LogP contribution in [-0.2, 0) is 4.79 Å². The molecular weight excluding hydrogens is 370 g/mol. The molecule has 1 amide bonds. The van der Waals surface area contributed by atoms with Crippen LogP contribution < -0.4 is 10.2 Å². The predicted molar refractivity (Wildman–Crippen MR) is 74.8 cm³/mol. The summed E-state index contributed by atoms with van der Waals surface area (Å²) in [5.74, 6) is -0.162. The molecule has 0 atom stereocenters. The molecule has 1 aromatic rings. The van der Waals surface area contributed by atoms with Crippen molar-refractivity contribution in [3.8, 4) is 0 Å². The van der Waals surface area contributed by atoms with Crippen LogP contribution in [0.1, 0.15) is 0 Å². The second-order valence-corrected chi connectivity index (χ2v) is 5.68. The van der Waals surface area contributed by atoms with Crippen LogP contribution in [0, 0.1) is 10.1 Å². The summed E-state index contributed by atoms with van der Waals surface area (Å²) < 4.78 is 0.927. The third kappa shape index (κ3) is 4.04.